The molecule has 2 nitrogen and oxygen atoms in total. The topological polar surface area (TPSA) is 15.3 Å². The average molecular weight is 280 g/mol. The van der Waals surface area contributed by atoms with Gasteiger partial charge in [0.25, 0.3) is 0 Å². The first-order valence-electron chi connectivity index (χ1n) is 7.27. The number of nitrogens with zero attached hydrogens (tertiary/aromatic N) is 1. The van der Waals surface area contributed by atoms with E-state index in [4.69, 9.17) is 0 Å². The van der Waals surface area contributed by atoms with Gasteiger partial charge in [0.15, 0.2) is 0 Å². The number of nitrogens with one attached hydrogen (secondary N) is 1. The molecule has 0 heterocycles. The molecular weight excluding hydrogens is 253 g/mol. The number of rotatable bonds is 6. The minimum absolute atomic E-state index is 0.106. The van der Waals surface area contributed by atoms with Gasteiger partial charge < -0.3 is 10.2 Å². The summed E-state index contributed by atoms with van der Waals surface area (Å²) >= 11 is 0. The maximum absolute atomic E-state index is 12.3. The molecule has 0 amide bonds. The Kier molecular flexibility index (Phi) is 6.60. The highest BCUT2D eigenvalue weighted by Gasteiger charge is 2.33. The van der Waals surface area contributed by atoms with Crippen LogP contribution in [0.1, 0.15) is 44.9 Å². The molecule has 0 atom stereocenters. The van der Waals surface area contributed by atoms with Gasteiger partial charge in [0, 0.05) is 19.6 Å². The summed E-state index contributed by atoms with van der Waals surface area (Å²) in [5.74, 6) is 0. The smallest absolute Gasteiger partial charge is 0.319 e. The molecule has 1 aliphatic rings. The van der Waals surface area contributed by atoms with Crippen molar-refractivity contribution in [2.24, 2.45) is 5.41 Å². The molecule has 0 aromatic rings. The first kappa shape index (κ1) is 16.8. The minimum Gasteiger partial charge on any atom is -0.319 e. The first-order valence-corrected chi connectivity index (χ1v) is 7.27. The van der Waals surface area contributed by atoms with Crippen LogP contribution in [0.15, 0.2) is 0 Å². The predicted octanol–water partition coefficient (Wildman–Crippen LogP) is 3.43. The molecule has 0 aromatic carbocycles. The van der Waals surface area contributed by atoms with E-state index in [-0.39, 0.29) is 12.0 Å². The van der Waals surface area contributed by atoms with Crippen molar-refractivity contribution in [2.75, 3.05) is 33.7 Å². The van der Waals surface area contributed by atoms with E-state index < -0.39 is 12.6 Å². The Morgan fingerprint density at radius 1 is 1.11 bits per heavy atom. The van der Waals surface area contributed by atoms with E-state index in [0.29, 0.717) is 0 Å². The van der Waals surface area contributed by atoms with Gasteiger partial charge in [-0.1, -0.05) is 25.7 Å². The summed E-state index contributed by atoms with van der Waals surface area (Å²) in [6.07, 6.45) is 2.43. The lowest BCUT2D eigenvalue weighted by Crippen LogP contribution is -2.42. The third-order valence-corrected chi connectivity index (χ3v) is 4.10. The standard InChI is InChI=1S/C14H27F3N2/c1-18-11-13(7-5-3-4-6-8-13)12-19(2)10-9-14(15,16)17/h18H,3-12H2,1-2H3. The monoisotopic (exact) mass is 280 g/mol. The summed E-state index contributed by atoms with van der Waals surface area (Å²) in [5.41, 5.74) is 0.158. The van der Waals surface area contributed by atoms with Crippen molar-refractivity contribution in [1.82, 2.24) is 10.2 Å². The van der Waals surface area contributed by atoms with Crippen LogP contribution in [0.25, 0.3) is 0 Å². The Labute approximate surface area is 114 Å². The second-order valence-corrected chi connectivity index (χ2v) is 6.05. The SMILES string of the molecule is CNCC1(CN(C)CCC(F)(F)F)CCCCCC1. The van der Waals surface area contributed by atoms with Crippen molar-refractivity contribution in [1.29, 1.82) is 0 Å². The summed E-state index contributed by atoms with van der Waals surface area (Å²) in [7, 11) is 3.75. The molecule has 0 aromatic heterocycles. The molecule has 1 saturated carbocycles. The predicted molar refractivity (Wildman–Crippen MR) is 72.2 cm³/mol. The molecule has 0 aliphatic heterocycles. The van der Waals surface area contributed by atoms with Crippen LogP contribution in [0.3, 0.4) is 0 Å². The zero-order valence-corrected chi connectivity index (χ0v) is 12.2. The third kappa shape index (κ3) is 6.61. The van der Waals surface area contributed by atoms with Crippen LogP contribution in [0, 0.1) is 5.41 Å². The van der Waals surface area contributed by atoms with Gasteiger partial charge in [-0.2, -0.15) is 13.2 Å². The molecule has 1 aliphatic carbocycles. The van der Waals surface area contributed by atoms with Crippen molar-refractivity contribution in [3.63, 3.8) is 0 Å². The fourth-order valence-electron chi connectivity index (χ4n) is 3.21. The maximum atomic E-state index is 12.3. The van der Waals surface area contributed by atoms with Crippen molar-refractivity contribution in [2.45, 2.75) is 51.1 Å². The van der Waals surface area contributed by atoms with Gasteiger partial charge in [-0.15, -0.1) is 0 Å². The summed E-state index contributed by atoms with van der Waals surface area (Å²) in [6, 6.07) is 0. The fraction of sp³-hybridized carbons (Fsp3) is 1.00. The molecule has 0 unspecified atom stereocenters. The van der Waals surface area contributed by atoms with E-state index in [1.807, 2.05) is 19.0 Å². The highest BCUT2D eigenvalue weighted by Crippen LogP contribution is 2.35. The van der Waals surface area contributed by atoms with Gasteiger partial charge >= 0.3 is 6.18 Å². The minimum atomic E-state index is -4.05. The van der Waals surface area contributed by atoms with E-state index >= 15 is 0 Å². The molecule has 1 fully saturated rings. The lowest BCUT2D eigenvalue weighted by atomic mass is 9.79. The van der Waals surface area contributed by atoms with Gasteiger partial charge in [0.05, 0.1) is 6.42 Å². The highest BCUT2D eigenvalue weighted by molar-refractivity contribution is 4.86. The third-order valence-electron chi connectivity index (χ3n) is 4.10. The Bertz CT molecular complexity index is 246. The van der Waals surface area contributed by atoms with Gasteiger partial charge in [0.1, 0.15) is 0 Å². The maximum Gasteiger partial charge on any atom is 0.390 e. The second kappa shape index (κ2) is 7.48. The molecule has 19 heavy (non-hydrogen) atoms. The van der Waals surface area contributed by atoms with Gasteiger partial charge in [0.2, 0.25) is 0 Å². The first-order chi connectivity index (χ1) is 8.87. The Morgan fingerprint density at radius 2 is 1.68 bits per heavy atom. The van der Waals surface area contributed by atoms with Crippen LogP contribution in [-0.2, 0) is 0 Å². The zero-order chi connectivity index (χ0) is 14.4. The van der Waals surface area contributed by atoms with Crippen molar-refractivity contribution in [3.05, 3.63) is 0 Å². The van der Waals surface area contributed by atoms with Crippen LogP contribution >= 0.6 is 0 Å². The number of hydrogen-bond donors (Lipinski definition) is 1. The Morgan fingerprint density at radius 3 is 2.16 bits per heavy atom. The lowest BCUT2D eigenvalue weighted by Gasteiger charge is -2.36. The zero-order valence-electron chi connectivity index (χ0n) is 12.2. The second-order valence-electron chi connectivity index (χ2n) is 6.05. The Balaban J connectivity index is 2.51. The van der Waals surface area contributed by atoms with E-state index in [9.17, 15) is 13.2 Å². The van der Waals surface area contributed by atoms with Crippen LogP contribution in [0.2, 0.25) is 0 Å². The average Bonchev–Trinajstić information content (AvgIpc) is 2.52. The number of hydrogen-bond acceptors (Lipinski definition) is 2. The molecule has 0 saturated heterocycles. The largest absolute Gasteiger partial charge is 0.390 e. The van der Waals surface area contributed by atoms with E-state index in [1.54, 1.807) is 0 Å². The summed E-state index contributed by atoms with van der Waals surface area (Å²) < 4.78 is 36.8. The van der Waals surface area contributed by atoms with E-state index in [0.717, 1.165) is 25.9 Å². The van der Waals surface area contributed by atoms with Crippen molar-refractivity contribution in [3.8, 4) is 0 Å². The lowest BCUT2D eigenvalue weighted by molar-refractivity contribution is -0.138. The molecular formula is C14H27F3N2. The molecule has 114 valence electrons. The van der Waals surface area contributed by atoms with Crippen molar-refractivity contribution < 1.29 is 13.2 Å². The van der Waals surface area contributed by atoms with Crippen LogP contribution in [-0.4, -0.2) is 44.8 Å². The Hall–Kier alpha value is -0.290. The number of alkyl halides is 3. The summed E-state index contributed by atoms with van der Waals surface area (Å²) in [6.45, 7) is 1.78. The van der Waals surface area contributed by atoms with Gasteiger partial charge in [-0.25, -0.2) is 0 Å². The molecule has 0 spiro atoms. The van der Waals surface area contributed by atoms with Crippen LogP contribution in [0.5, 0.6) is 0 Å². The molecule has 1 N–H and O–H groups in total. The van der Waals surface area contributed by atoms with Crippen LogP contribution in [0.4, 0.5) is 13.2 Å². The molecule has 0 radical (unpaired) electrons. The fourth-order valence-corrected chi connectivity index (χ4v) is 3.21. The highest BCUT2D eigenvalue weighted by atomic mass is 19.4. The van der Waals surface area contributed by atoms with Gasteiger partial charge in [-0.3, -0.25) is 0 Å². The van der Waals surface area contributed by atoms with E-state index in [2.05, 4.69) is 5.32 Å². The van der Waals surface area contributed by atoms with Crippen LogP contribution < -0.4 is 5.32 Å². The molecule has 0 bridgehead atoms. The molecule has 1 rings (SSSR count). The van der Waals surface area contributed by atoms with E-state index in [1.165, 1.54) is 25.7 Å². The van der Waals surface area contributed by atoms with Gasteiger partial charge in [-0.05, 0) is 32.4 Å². The van der Waals surface area contributed by atoms with Crippen molar-refractivity contribution >= 4 is 0 Å². The quantitative estimate of drug-likeness (QED) is 0.750. The summed E-state index contributed by atoms with van der Waals surface area (Å²) in [5, 5.41) is 3.23. The normalized spacial score (nSPS) is 20.5. The molecule has 5 heteroatoms. The summed E-state index contributed by atoms with van der Waals surface area (Å²) in [4.78, 5) is 1.86. The number of halogens is 3.